The summed E-state index contributed by atoms with van der Waals surface area (Å²) < 4.78 is 0. The van der Waals surface area contributed by atoms with Gasteiger partial charge in [0.1, 0.15) is 0 Å². The second kappa shape index (κ2) is 8.10. The summed E-state index contributed by atoms with van der Waals surface area (Å²) in [6, 6.07) is 0.632. The van der Waals surface area contributed by atoms with E-state index < -0.39 is 0 Å². The van der Waals surface area contributed by atoms with Crippen LogP contribution in [0.25, 0.3) is 0 Å². The summed E-state index contributed by atoms with van der Waals surface area (Å²) in [5, 5.41) is 12.9. The Balaban J connectivity index is 2.01. The van der Waals surface area contributed by atoms with Crippen molar-refractivity contribution >= 4 is 0 Å². The molecule has 1 rings (SSSR count). The minimum absolute atomic E-state index is 0.166. The molecule has 2 N–H and O–H groups in total. The zero-order valence-electron chi connectivity index (χ0n) is 11.9. The zero-order chi connectivity index (χ0) is 12.7. The van der Waals surface area contributed by atoms with Gasteiger partial charge < -0.3 is 10.4 Å². The van der Waals surface area contributed by atoms with Crippen LogP contribution in [0.2, 0.25) is 0 Å². The number of hydrogen-bond acceptors (Lipinski definition) is 2. The van der Waals surface area contributed by atoms with E-state index in [0.29, 0.717) is 12.0 Å². The standard InChI is InChI=1S/C15H31NO/c1-12(10-14(3)17)11-16-13(2)8-9-15-6-4-5-7-15/h12-17H,4-11H2,1-3H3. The maximum atomic E-state index is 9.31. The zero-order valence-corrected chi connectivity index (χ0v) is 11.9. The molecular formula is C15H31NO. The second-order valence-electron chi connectivity index (χ2n) is 6.23. The van der Waals surface area contributed by atoms with Crippen molar-refractivity contribution in [2.24, 2.45) is 11.8 Å². The van der Waals surface area contributed by atoms with E-state index in [1.165, 1.54) is 38.5 Å². The van der Waals surface area contributed by atoms with E-state index in [4.69, 9.17) is 0 Å². The van der Waals surface area contributed by atoms with Crippen molar-refractivity contribution in [2.45, 2.75) is 77.9 Å². The molecule has 0 aromatic carbocycles. The summed E-state index contributed by atoms with van der Waals surface area (Å²) in [7, 11) is 0. The smallest absolute Gasteiger partial charge is 0.0515 e. The molecule has 0 radical (unpaired) electrons. The lowest BCUT2D eigenvalue weighted by Crippen LogP contribution is -2.31. The molecule has 0 spiro atoms. The maximum Gasteiger partial charge on any atom is 0.0515 e. The highest BCUT2D eigenvalue weighted by atomic mass is 16.3. The third-order valence-electron chi connectivity index (χ3n) is 4.04. The largest absolute Gasteiger partial charge is 0.393 e. The molecule has 0 bridgehead atoms. The summed E-state index contributed by atoms with van der Waals surface area (Å²) >= 11 is 0. The Morgan fingerprint density at radius 1 is 1.18 bits per heavy atom. The molecule has 3 unspecified atom stereocenters. The van der Waals surface area contributed by atoms with Crippen LogP contribution in [-0.2, 0) is 0 Å². The van der Waals surface area contributed by atoms with Crippen LogP contribution >= 0.6 is 0 Å². The van der Waals surface area contributed by atoms with E-state index in [9.17, 15) is 5.11 Å². The van der Waals surface area contributed by atoms with Crippen molar-refractivity contribution in [1.82, 2.24) is 5.32 Å². The van der Waals surface area contributed by atoms with Gasteiger partial charge in [-0.1, -0.05) is 32.6 Å². The Bertz CT molecular complexity index is 187. The molecule has 1 saturated carbocycles. The molecule has 0 heterocycles. The molecule has 102 valence electrons. The van der Waals surface area contributed by atoms with Gasteiger partial charge in [-0.3, -0.25) is 0 Å². The van der Waals surface area contributed by atoms with Crippen LogP contribution in [-0.4, -0.2) is 23.8 Å². The predicted molar refractivity (Wildman–Crippen MR) is 74.1 cm³/mol. The number of aliphatic hydroxyl groups excluding tert-OH is 1. The minimum atomic E-state index is -0.166. The van der Waals surface area contributed by atoms with E-state index in [-0.39, 0.29) is 6.10 Å². The molecule has 2 nitrogen and oxygen atoms in total. The fourth-order valence-corrected chi connectivity index (χ4v) is 2.95. The Morgan fingerprint density at radius 3 is 2.41 bits per heavy atom. The molecular weight excluding hydrogens is 210 g/mol. The Labute approximate surface area is 107 Å². The predicted octanol–water partition coefficient (Wildman–Crippen LogP) is 3.34. The molecule has 1 aliphatic rings. The van der Waals surface area contributed by atoms with Gasteiger partial charge in [-0.15, -0.1) is 0 Å². The van der Waals surface area contributed by atoms with Crippen LogP contribution < -0.4 is 5.32 Å². The first-order chi connectivity index (χ1) is 8.08. The van der Waals surface area contributed by atoms with Gasteiger partial charge in [-0.2, -0.15) is 0 Å². The average Bonchev–Trinajstić information content (AvgIpc) is 2.75. The van der Waals surface area contributed by atoms with E-state index in [1.807, 2.05) is 6.92 Å². The highest BCUT2D eigenvalue weighted by molar-refractivity contribution is 4.71. The Kier molecular flexibility index (Phi) is 7.14. The molecule has 17 heavy (non-hydrogen) atoms. The van der Waals surface area contributed by atoms with E-state index >= 15 is 0 Å². The summed E-state index contributed by atoms with van der Waals surface area (Å²) in [5.74, 6) is 1.58. The first-order valence-corrected chi connectivity index (χ1v) is 7.49. The molecule has 1 aliphatic carbocycles. The molecule has 0 aliphatic heterocycles. The fourth-order valence-electron chi connectivity index (χ4n) is 2.95. The molecule has 0 aromatic heterocycles. The number of nitrogens with one attached hydrogen (secondary N) is 1. The van der Waals surface area contributed by atoms with Gasteiger partial charge in [0, 0.05) is 6.04 Å². The van der Waals surface area contributed by atoms with Gasteiger partial charge >= 0.3 is 0 Å². The SMILES string of the molecule is CC(O)CC(C)CNC(C)CCC1CCCC1. The Morgan fingerprint density at radius 2 is 1.82 bits per heavy atom. The fraction of sp³-hybridized carbons (Fsp3) is 1.00. The molecule has 0 amide bonds. The molecule has 2 heteroatoms. The third-order valence-corrected chi connectivity index (χ3v) is 4.04. The Hall–Kier alpha value is -0.0800. The van der Waals surface area contributed by atoms with Gasteiger partial charge in [0.25, 0.3) is 0 Å². The van der Waals surface area contributed by atoms with Gasteiger partial charge in [0.15, 0.2) is 0 Å². The lowest BCUT2D eigenvalue weighted by atomic mass is 9.98. The van der Waals surface area contributed by atoms with Crippen molar-refractivity contribution < 1.29 is 5.11 Å². The lowest BCUT2D eigenvalue weighted by molar-refractivity contribution is 0.162. The van der Waals surface area contributed by atoms with Gasteiger partial charge in [-0.25, -0.2) is 0 Å². The van der Waals surface area contributed by atoms with Gasteiger partial charge in [-0.05, 0) is 51.5 Å². The normalized spacial score (nSPS) is 22.6. The molecule has 1 fully saturated rings. The first-order valence-electron chi connectivity index (χ1n) is 7.49. The first kappa shape index (κ1) is 15.0. The topological polar surface area (TPSA) is 32.3 Å². The van der Waals surface area contributed by atoms with E-state index in [0.717, 1.165) is 18.9 Å². The number of hydrogen-bond donors (Lipinski definition) is 2. The van der Waals surface area contributed by atoms with Crippen LogP contribution in [0.15, 0.2) is 0 Å². The van der Waals surface area contributed by atoms with Crippen LogP contribution in [0.3, 0.4) is 0 Å². The minimum Gasteiger partial charge on any atom is -0.393 e. The summed E-state index contributed by atoms with van der Waals surface area (Å²) in [4.78, 5) is 0. The lowest BCUT2D eigenvalue weighted by Gasteiger charge is -2.20. The van der Waals surface area contributed by atoms with Crippen molar-refractivity contribution in [3.63, 3.8) is 0 Å². The van der Waals surface area contributed by atoms with Crippen molar-refractivity contribution in [2.75, 3.05) is 6.54 Å². The van der Waals surface area contributed by atoms with E-state index in [2.05, 4.69) is 19.2 Å². The van der Waals surface area contributed by atoms with Crippen LogP contribution in [0.1, 0.15) is 65.7 Å². The van der Waals surface area contributed by atoms with Gasteiger partial charge in [0.2, 0.25) is 0 Å². The number of aliphatic hydroxyl groups is 1. The summed E-state index contributed by atoms with van der Waals surface area (Å²) in [5.41, 5.74) is 0. The van der Waals surface area contributed by atoms with Crippen molar-refractivity contribution in [1.29, 1.82) is 0 Å². The highest BCUT2D eigenvalue weighted by Crippen LogP contribution is 2.28. The quantitative estimate of drug-likeness (QED) is 0.683. The van der Waals surface area contributed by atoms with Crippen LogP contribution in [0.5, 0.6) is 0 Å². The molecule has 0 saturated heterocycles. The maximum absolute atomic E-state index is 9.31. The van der Waals surface area contributed by atoms with Crippen LogP contribution in [0.4, 0.5) is 0 Å². The number of rotatable bonds is 8. The molecule has 3 atom stereocenters. The third kappa shape index (κ3) is 7.05. The molecule has 0 aromatic rings. The summed E-state index contributed by atoms with van der Waals surface area (Å²) in [6.07, 6.45) is 9.29. The second-order valence-corrected chi connectivity index (χ2v) is 6.23. The van der Waals surface area contributed by atoms with Crippen molar-refractivity contribution in [3.8, 4) is 0 Å². The monoisotopic (exact) mass is 241 g/mol. The summed E-state index contributed by atoms with van der Waals surface area (Å²) in [6.45, 7) is 7.42. The average molecular weight is 241 g/mol. The van der Waals surface area contributed by atoms with Gasteiger partial charge in [0.05, 0.1) is 6.10 Å². The van der Waals surface area contributed by atoms with Crippen molar-refractivity contribution in [3.05, 3.63) is 0 Å². The highest BCUT2D eigenvalue weighted by Gasteiger charge is 2.16. The van der Waals surface area contributed by atoms with Crippen LogP contribution in [0, 0.1) is 11.8 Å². The van der Waals surface area contributed by atoms with E-state index in [1.54, 1.807) is 0 Å².